The van der Waals surface area contributed by atoms with E-state index in [2.05, 4.69) is 14.9 Å². The highest BCUT2D eigenvalue weighted by atomic mass is 32.1. The van der Waals surface area contributed by atoms with E-state index in [1.165, 1.54) is 18.4 Å². The summed E-state index contributed by atoms with van der Waals surface area (Å²) in [6.07, 6.45) is 1.40. The Morgan fingerprint density at radius 2 is 2.53 bits per heavy atom. The van der Waals surface area contributed by atoms with Crippen molar-refractivity contribution in [1.82, 2.24) is 4.98 Å². The van der Waals surface area contributed by atoms with Crippen LogP contribution in [-0.2, 0) is 19.2 Å². The quantitative estimate of drug-likeness (QED) is 0.337. The molecule has 1 aromatic rings. The van der Waals surface area contributed by atoms with E-state index in [-0.39, 0.29) is 6.61 Å². The summed E-state index contributed by atoms with van der Waals surface area (Å²) in [5.74, 6) is -1.21. The fourth-order valence-corrected chi connectivity index (χ4v) is 1.68. The van der Waals surface area contributed by atoms with Crippen molar-refractivity contribution in [3.05, 3.63) is 11.1 Å². The topological polar surface area (TPSA) is 104 Å². The fourth-order valence-electron chi connectivity index (χ4n) is 1.06. The second-order valence-electron chi connectivity index (χ2n) is 2.87. The zero-order chi connectivity index (χ0) is 12.7. The third kappa shape index (κ3) is 3.83. The minimum atomic E-state index is -0.711. The van der Waals surface area contributed by atoms with Gasteiger partial charge in [0.05, 0.1) is 12.8 Å². The summed E-state index contributed by atoms with van der Waals surface area (Å²) in [4.78, 5) is 30.2. The number of carbonyl (C=O) groups is 2. The van der Waals surface area contributed by atoms with Crippen LogP contribution in [0.25, 0.3) is 0 Å². The Morgan fingerprint density at radius 3 is 3.06 bits per heavy atom. The Balaban J connectivity index is 2.70. The van der Waals surface area contributed by atoms with E-state index in [9.17, 15) is 9.59 Å². The Bertz CT molecular complexity index is 418. The van der Waals surface area contributed by atoms with Gasteiger partial charge < -0.3 is 15.3 Å². The number of rotatable bonds is 6. The maximum absolute atomic E-state index is 11.5. The number of aldehydes is 1. The molecule has 0 saturated heterocycles. The van der Waals surface area contributed by atoms with Crippen molar-refractivity contribution in [2.75, 3.05) is 19.5 Å². The number of hydrogen-bond donors (Lipinski definition) is 1. The predicted molar refractivity (Wildman–Crippen MR) is 61.8 cm³/mol. The van der Waals surface area contributed by atoms with Crippen molar-refractivity contribution in [2.24, 2.45) is 5.16 Å². The van der Waals surface area contributed by atoms with Gasteiger partial charge in [0, 0.05) is 5.38 Å². The first kappa shape index (κ1) is 13.1. The number of oxime groups is 1. The fraction of sp³-hybridized carbons (Fsp3) is 0.333. The molecule has 92 valence electrons. The molecule has 0 aromatic carbocycles. The molecule has 0 spiro atoms. The standard InChI is InChI=1S/C9H11N3O4S/c1-15-8(14)6(4-16-11-2-3-13)7-5-17-9(10)12-7/h2-3,5-6H,4H2,1H3,(H2,10,12)/b11-2+. The van der Waals surface area contributed by atoms with Crippen LogP contribution in [0.5, 0.6) is 0 Å². The normalized spacial score (nSPS) is 12.3. The molecule has 1 heterocycles. The molecule has 0 radical (unpaired) electrons. The van der Waals surface area contributed by atoms with E-state index < -0.39 is 11.9 Å². The van der Waals surface area contributed by atoms with E-state index in [1.54, 1.807) is 5.38 Å². The zero-order valence-corrected chi connectivity index (χ0v) is 9.85. The van der Waals surface area contributed by atoms with Gasteiger partial charge in [-0.15, -0.1) is 11.3 Å². The third-order valence-corrected chi connectivity index (χ3v) is 2.51. The number of carbonyl (C=O) groups excluding carboxylic acids is 2. The Morgan fingerprint density at radius 1 is 1.76 bits per heavy atom. The van der Waals surface area contributed by atoms with E-state index in [1.807, 2.05) is 0 Å². The minimum absolute atomic E-state index is 0.0693. The molecule has 0 saturated carbocycles. The summed E-state index contributed by atoms with van der Waals surface area (Å²) in [6.45, 7) is -0.0693. The summed E-state index contributed by atoms with van der Waals surface area (Å²) < 4.78 is 4.62. The predicted octanol–water partition coefficient (Wildman–Crippen LogP) is 0.183. The number of anilines is 1. The first-order valence-electron chi connectivity index (χ1n) is 4.56. The Hall–Kier alpha value is -1.96. The van der Waals surface area contributed by atoms with Gasteiger partial charge in [-0.1, -0.05) is 5.16 Å². The molecule has 1 atom stereocenters. The molecule has 8 heteroatoms. The van der Waals surface area contributed by atoms with Crippen LogP contribution in [-0.4, -0.2) is 37.2 Å². The molecule has 17 heavy (non-hydrogen) atoms. The SMILES string of the molecule is COC(=O)C(CO/N=C/C=O)c1csc(N)n1. The Kier molecular flexibility index (Phi) is 5.08. The maximum atomic E-state index is 11.5. The summed E-state index contributed by atoms with van der Waals surface area (Å²) in [5, 5.41) is 5.32. The van der Waals surface area contributed by atoms with Crippen molar-refractivity contribution in [3.63, 3.8) is 0 Å². The van der Waals surface area contributed by atoms with Crippen LogP contribution in [0, 0.1) is 0 Å². The molecule has 0 bridgehead atoms. The molecule has 0 fully saturated rings. The minimum Gasteiger partial charge on any atom is -0.468 e. The number of nitrogens with zero attached hydrogens (tertiary/aromatic N) is 2. The van der Waals surface area contributed by atoms with Crippen molar-refractivity contribution < 1.29 is 19.2 Å². The lowest BCUT2D eigenvalue weighted by Gasteiger charge is -2.10. The van der Waals surface area contributed by atoms with Gasteiger partial charge in [-0.3, -0.25) is 9.59 Å². The van der Waals surface area contributed by atoms with Crippen LogP contribution in [0.1, 0.15) is 11.6 Å². The second-order valence-corrected chi connectivity index (χ2v) is 3.76. The van der Waals surface area contributed by atoms with Gasteiger partial charge in [0.1, 0.15) is 18.7 Å². The number of ether oxygens (including phenoxy) is 1. The average molecular weight is 257 g/mol. The highest BCUT2D eigenvalue weighted by Crippen LogP contribution is 2.21. The van der Waals surface area contributed by atoms with Gasteiger partial charge in [0.25, 0.3) is 0 Å². The number of hydrogen-bond acceptors (Lipinski definition) is 8. The number of nitrogens with two attached hydrogens (primary N) is 1. The summed E-state index contributed by atoms with van der Waals surface area (Å²) in [6, 6.07) is 0. The average Bonchev–Trinajstić information content (AvgIpc) is 2.75. The van der Waals surface area contributed by atoms with Crippen LogP contribution in [0.4, 0.5) is 5.13 Å². The van der Waals surface area contributed by atoms with E-state index in [0.717, 1.165) is 6.21 Å². The highest BCUT2D eigenvalue weighted by Gasteiger charge is 2.25. The molecule has 7 nitrogen and oxygen atoms in total. The van der Waals surface area contributed by atoms with Gasteiger partial charge in [-0.25, -0.2) is 4.98 Å². The van der Waals surface area contributed by atoms with Crippen molar-refractivity contribution >= 4 is 34.9 Å². The molecule has 0 aliphatic carbocycles. The van der Waals surface area contributed by atoms with E-state index in [0.29, 0.717) is 17.1 Å². The number of methoxy groups -OCH3 is 1. The van der Waals surface area contributed by atoms with Crippen LogP contribution < -0.4 is 5.73 Å². The molecule has 1 aromatic heterocycles. The van der Waals surface area contributed by atoms with Gasteiger partial charge in [0.2, 0.25) is 0 Å². The van der Waals surface area contributed by atoms with Gasteiger partial charge >= 0.3 is 5.97 Å². The molecule has 0 amide bonds. The summed E-state index contributed by atoms with van der Waals surface area (Å²) in [5.41, 5.74) is 5.93. The van der Waals surface area contributed by atoms with Crippen LogP contribution in [0.2, 0.25) is 0 Å². The molecule has 1 unspecified atom stereocenters. The monoisotopic (exact) mass is 257 g/mol. The molecule has 2 N–H and O–H groups in total. The smallest absolute Gasteiger partial charge is 0.318 e. The van der Waals surface area contributed by atoms with Gasteiger partial charge in [-0.05, 0) is 0 Å². The highest BCUT2D eigenvalue weighted by molar-refractivity contribution is 7.13. The molecule has 1 rings (SSSR count). The van der Waals surface area contributed by atoms with Gasteiger partial charge in [0.15, 0.2) is 11.4 Å². The summed E-state index contributed by atoms with van der Waals surface area (Å²) in [7, 11) is 1.26. The Labute approximate surface area is 101 Å². The number of thiazole rings is 1. The van der Waals surface area contributed by atoms with E-state index >= 15 is 0 Å². The molecule has 0 aliphatic heterocycles. The van der Waals surface area contributed by atoms with Crippen molar-refractivity contribution in [1.29, 1.82) is 0 Å². The number of esters is 1. The lowest BCUT2D eigenvalue weighted by Crippen LogP contribution is -2.19. The lowest BCUT2D eigenvalue weighted by molar-refractivity contribution is -0.144. The zero-order valence-electron chi connectivity index (χ0n) is 9.03. The molecular formula is C9H11N3O4S. The van der Waals surface area contributed by atoms with Crippen LogP contribution in [0.15, 0.2) is 10.5 Å². The molecular weight excluding hydrogens is 246 g/mol. The van der Waals surface area contributed by atoms with Gasteiger partial charge in [-0.2, -0.15) is 0 Å². The largest absolute Gasteiger partial charge is 0.468 e. The summed E-state index contributed by atoms with van der Waals surface area (Å²) >= 11 is 1.21. The number of nitrogen functional groups attached to an aromatic ring is 1. The van der Waals surface area contributed by atoms with Crippen molar-refractivity contribution in [3.8, 4) is 0 Å². The first-order valence-corrected chi connectivity index (χ1v) is 5.44. The van der Waals surface area contributed by atoms with Crippen LogP contribution in [0.3, 0.4) is 0 Å². The lowest BCUT2D eigenvalue weighted by atomic mass is 10.1. The third-order valence-electron chi connectivity index (χ3n) is 1.82. The van der Waals surface area contributed by atoms with Crippen molar-refractivity contribution in [2.45, 2.75) is 5.92 Å². The van der Waals surface area contributed by atoms with Crippen LogP contribution >= 0.6 is 11.3 Å². The number of aromatic nitrogens is 1. The first-order chi connectivity index (χ1) is 8.19. The van der Waals surface area contributed by atoms with E-state index in [4.69, 9.17) is 10.6 Å². The molecule has 0 aliphatic rings. The maximum Gasteiger partial charge on any atom is 0.318 e. The second kappa shape index (κ2) is 6.59.